The average molecular weight is 398 g/mol. The second kappa shape index (κ2) is 5.63. The van der Waals surface area contributed by atoms with E-state index in [1.165, 1.54) is 6.08 Å². The fourth-order valence-corrected chi connectivity index (χ4v) is 2.51. The predicted octanol–water partition coefficient (Wildman–Crippen LogP) is 3.72. The first-order valence-corrected chi connectivity index (χ1v) is 6.76. The van der Waals surface area contributed by atoms with Crippen LogP contribution in [0.3, 0.4) is 0 Å². The molecule has 1 atom stereocenters. The lowest BCUT2D eigenvalue weighted by Gasteiger charge is -2.25. The van der Waals surface area contributed by atoms with Crippen molar-refractivity contribution in [3.8, 4) is 5.75 Å². The molecule has 0 spiro atoms. The quantitative estimate of drug-likeness (QED) is 0.790. The number of halogens is 4. The molecule has 1 N–H and O–H groups in total. The largest absolute Gasteiger partial charge is 0.489 e. The van der Waals surface area contributed by atoms with Crippen molar-refractivity contribution in [3.63, 3.8) is 0 Å². The average Bonchev–Trinajstić information content (AvgIpc) is 2.33. The minimum atomic E-state index is -4.60. The SMILES string of the molecule is O=C(O)CC(C1=Cc2cc(I)ccc2OC1)C(F)(F)F. The molecule has 7 heteroatoms. The second-order valence-electron chi connectivity index (χ2n) is 4.38. The first-order valence-electron chi connectivity index (χ1n) is 5.68. The molecule has 1 aromatic rings. The van der Waals surface area contributed by atoms with E-state index in [-0.39, 0.29) is 12.2 Å². The van der Waals surface area contributed by atoms with Gasteiger partial charge in [0.1, 0.15) is 12.4 Å². The van der Waals surface area contributed by atoms with Crippen LogP contribution in [-0.4, -0.2) is 23.9 Å². The normalized spacial score (nSPS) is 15.9. The number of carboxylic acid groups (broad SMARTS) is 1. The molecule has 3 nitrogen and oxygen atoms in total. The first-order chi connectivity index (χ1) is 9.27. The Labute approximate surface area is 126 Å². The fraction of sp³-hybridized carbons (Fsp3) is 0.308. The molecule has 0 aliphatic carbocycles. The van der Waals surface area contributed by atoms with Gasteiger partial charge in [0.2, 0.25) is 0 Å². The monoisotopic (exact) mass is 398 g/mol. The summed E-state index contributed by atoms with van der Waals surface area (Å²) in [5.74, 6) is -3.00. The Balaban J connectivity index is 2.38. The lowest BCUT2D eigenvalue weighted by Crippen LogP contribution is -2.30. The predicted molar refractivity (Wildman–Crippen MR) is 74.4 cm³/mol. The highest BCUT2D eigenvalue weighted by molar-refractivity contribution is 14.1. The minimum Gasteiger partial charge on any atom is -0.489 e. The maximum atomic E-state index is 13.0. The van der Waals surface area contributed by atoms with Gasteiger partial charge < -0.3 is 9.84 Å². The van der Waals surface area contributed by atoms with Gasteiger partial charge in [0.25, 0.3) is 0 Å². The van der Waals surface area contributed by atoms with Crippen LogP contribution in [0.4, 0.5) is 13.2 Å². The molecule has 0 saturated carbocycles. The topological polar surface area (TPSA) is 46.5 Å². The molecular weight excluding hydrogens is 388 g/mol. The van der Waals surface area contributed by atoms with Gasteiger partial charge in [-0.15, -0.1) is 0 Å². The Morgan fingerprint density at radius 1 is 1.45 bits per heavy atom. The smallest absolute Gasteiger partial charge is 0.396 e. The summed E-state index contributed by atoms with van der Waals surface area (Å²) >= 11 is 2.05. The van der Waals surface area contributed by atoms with Crippen molar-refractivity contribution in [1.29, 1.82) is 0 Å². The van der Waals surface area contributed by atoms with Crippen LogP contribution in [0.25, 0.3) is 6.08 Å². The molecule has 1 aliphatic rings. The van der Waals surface area contributed by atoms with Crippen molar-refractivity contribution < 1.29 is 27.8 Å². The molecule has 20 heavy (non-hydrogen) atoms. The van der Waals surface area contributed by atoms with E-state index >= 15 is 0 Å². The molecule has 1 aliphatic heterocycles. The second-order valence-corrected chi connectivity index (χ2v) is 5.63. The summed E-state index contributed by atoms with van der Waals surface area (Å²) < 4.78 is 45.0. The summed E-state index contributed by atoms with van der Waals surface area (Å²) in [5, 5.41) is 8.65. The maximum Gasteiger partial charge on any atom is 0.396 e. The molecule has 0 aromatic heterocycles. The van der Waals surface area contributed by atoms with Crippen molar-refractivity contribution in [1.82, 2.24) is 0 Å². The zero-order valence-electron chi connectivity index (χ0n) is 10.1. The third-order valence-electron chi connectivity index (χ3n) is 2.93. The number of hydrogen-bond acceptors (Lipinski definition) is 2. The lowest BCUT2D eigenvalue weighted by atomic mass is 9.92. The maximum absolute atomic E-state index is 13.0. The van der Waals surface area contributed by atoms with Gasteiger partial charge in [-0.25, -0.2) is 0 Å². The van der Waals surface area contributed by atoms with Crippen LogP contribution < -0.4 is 4.74 Å². The molecule has 1 aromatic carbocycles. The van der Waals surface area contributed by atoms with E-state index < -0.39 is 24.5 Å². The molecule has 0 radical (unpaired) electrons. The summed E-state index contributed by atoms with van der Waals surface area (Å²) in [5.41, 5.74) is 0.479. The van der Waals surface area contributed by atoms with Crippen molar-refractivity contribution in [3.05, 3.63) is 32.9 Å². The van der Waals surface area contributed by atoms with Gasteiger partial charge in [-0.2, -0.15) is 13.2 Å². The molecule has 2 rings (SSSR count). The molecule has 1 unspecified atom stereocenters. The highest BCUT2D eigenvalue weighted by Crippen LogP contribution is 2.39. The van der Waals surface area contributed by atoms with Gasteiger partial charge in [-0.05, 0) is 52.4 Å². The van der Waals surface area contributed by atoms with Crippen LogP contribution in [-0.2, 0) is 4.79 Å². The van der Waals surface area contributed by atoms with Crippen molar-refractivity contribution in [2.45, 2.75) is 12.6 Å². The number of alkyl halides is 3. The van der Waals surface area contributed by atoms with Gasteiger partial charge in [-0.3, -0.25) is 4.79 Å². The van der Waals surface area contributed by atoms with Gasteiger partial charge in [0.15, 0.2) is 0 Å². The number of benzene rings is 1. The van der Waals surface area contributed by atoms with Crippen molar-refractivity contribution in [2.75, 3.05) is 6.61 Å². The zero-order valence-corrected chi connectivity index (χ0v) is 12.2. The summed E-state index contributed by atoms with van der Waals surface area (Å²) in [6.07, 6.45) is -4.22. The van der Waals surface area contributed by atoms with Crippen LogP contribution in [0.15, 0.2) is 23.8 Å². The highest BCUT2D eigenvalue weighted by atomic mass is 127. The number of hydrogen-bond donors (Lipinski definition) is 1. The first kappa shape index (κ1) is 15.1. The van der Waals surface area contributed by atoms with Crippen LogP contribution in [0, 0.1) is 9.49 Å². The Kier molecular flexibility index (Phi) is 4.26. The van der Waals surface area contributed by atoms with E-state index in [2.05, 4.69) is 0 Å². The summed E-state index contributed by atoms with van der Waals surface area (Å²) in [4.78, 5) is 10.6. The van der Waals surface area contributed by atoms with E-state index in [1.54, 1.807) is 18.2 Å². The Morgan fingerprint density at radius 3 is 2.75 bits per heavy atom. The lowest BCUT2D eigenvalue weighted by molar-refractivity contribution is -0.174. The van der Waals surface area contributed by atoms with E-state index in [9.17, 15) is 18.0 Å². The van der Waals surface area contributed by atoms with E-state index in [4.69, 9.17) is 9.84 Å². The number of ether oxygens (including phenoxy) is 1. The van der Waals surface area contributed by atoms with E-state index in [0.29, 0.717) is 11.3 Å². The molecule has 1 heterocycles. The van der Waals surface area contributed by atoms with Crippen molar-refractivity contribution in [2.24, 2.45) is 5.92 Å². The third kappa shape index (κ3) is 3.44. The Morgan fingerprint density at radius 2 is 2.15 bits per heavy atom. The summed E-state index contributed by atoms with van der Waals surface area (Å²) in [6, 6.07) is 5.17. The zero-order chi connectivity index (χ0) is 14.9. The molecule has 0 fully saturated rings. The molecule has 108 valence electrons. The summed E-state index contributed by atoms with van der Waals surface area (Å²) in [6.45, 7) is -0.245. The number of aliphatic carboxylic acids is 1. The minimum absolute atomic E-state index is 0.0607. The van der Waals surface area contributed by atoms with Gasteiger partial charge in [-0.1, -0.05) is 0 Å². The van der Waals surface area contributed by atoms with E-state index in [1.807, 2.05) is 22.6 Å². The molecule has 0 bridgehead atoms. The van der Waals surface area contributed by atoms with E-state index in [0.717, 1.165) is 3.57 Å². The number of rotatable bonds is 3. The van der Waals surface area contributed by atoms with Gasteiger partial charge >= 0.3 is 12.1 Å². The number of carbonyl (C=O) groups is 1. The van der Waals surface area contributed by atoms with Gasteiger partial charge in [0, 0.05) is 9.13 Å². The van der Waals surface area contributed by atoms with Crippen LogP contribution >= 0.6 is 22.6 Å². The number of fused-ring (bicyclic) bond motifs is 1. The third-order valence-corrected chi connectivity index (χ3v) is 3.60. The van der Waals surface area contributed by atoms with Crippen LogP contribution in [0.5, 0.6) is 5.75 Å². The number of carboxylic acids is 1. The van der Waals surface area contributed by atoms with Crippen LogP contribution in [0.2, 0.25) is 0 Å². The molecule has 0 saturated heterocycles. The molecular formula is C13H10F3IO3. The summed E-state index contributed by atoms with van der Waals surface area (Å²) in [7, 11) is 0. The molecule has 0 amide bonds. The Hall–Kier alpha value is -1.25. The van der Waals surface area contributed by atoms with Gasteiger partial charge in [0.05, 0.1) is 12.3 Å². The standard InChI is InChI=1S/C13H10F3IO3/c14-13(15,16)10(5-12(18)19)8-3-7-4-9(17)1-2-11(7)20-6-8/h1-4,10H,5-6H2,(H,18,19). The van der Waals surface area contributed by atoms with Crippen molar-refractivity contribution >= 4 is 34.6 Å². The van der Waals surface area contributed by atoms with Crippen LogP contribution in [0.1, 0.15) is 12.0 Å². The highest BCUT2D eigenvalue weighted by Gasteiger charge is 2.44. The Bertz CT molecular complexity index is 566. The fourth-order valence-electron chi connectivity index (χ4n) is 2.00.